The number of carboxylic acid groups (broad SMARTS) is 1. The van der Waals surface area contributed by atoms with Crippen LogP contribution in [-0.4, -0.2) is 39.3 Å². The summed E-state index contributed by atoms with van der Waals surface area (Å²) in [5, 5.41) is 20.0. The molecule has 0 radical (unpaired) electrons. The number of hydrogen-bond acceptors (Lipinski definition) is 4. The Hall–Kier alpha value is -3.12. The van der Waals surface area contributed by atoms with Gasteiger partial charge in [0.1, 0.15) is 5.76 Å². The van der Waals surface area contributed by atoms with E-state index in [-0.39, 0.29) is 24.3 Å². The van der Waals surface area contributed by atoms with E-state index < -0.39 is 23.7 Å². The van der Waals surface area contributed by atoms with Gasteiger partial charge in [-0.05, 0) is 11.6 Å². The largest absolute Gasteiger partial charge is 0.507 e. The molecule has 3 rings (SSSR count). The van der Waals surface area contributed by atoms with Crippen molar-refractivity contribution in [2.75, 3.05) is 6.54 Å². The third kappa shape index (κ3) is 3.57. The maximum atomic E-state index is 12.7. The minimum Gasteiger partial charge on any atom is -0.507 e. The number of halogens is 1. The van der Waals surface area contributed by atoms with Gasteiger partial charge in [0.15, 0.2) is 0 Å². The first-order valence-electron chi connectivity index (χ1n) is 8.22. The molecule has 138 valence electrons. The number of ketones is 1. The molecule has 7 heteroatoms. The number of Topliss-reactive ketones (excluding diaryl/α,β-unsaturated/α-hetero) is 1. The predicted molar refractivity (Wildman–Crippen MR) is 99.2 cm³/mol. The molecule has 2 aromatic rings. The SMILES string of the molecule is O=C(O)CCN1C(=O)C(=O)C(=C(O)c2ccccc2)[C@H]1c1ccccc1Cl. The van der Waals surface area contributed by atoms with Crippen molar-refractivity contribution in [1.29, 1.82) is 0 Å². The van der Waals surface area contributed by atoms with Crippen molar-refractivity contribution < 1.29 is 24.6 Å². The van der Waals surface area contributed by atoms with Crippen LogP contribution in [0.4, 0.5) is 0 Å². The summed E-state index contributed by atoms with van der Waals surface area (Å²) in [7, 11) is 0. The van der Waals surface area contributed by atoms with E-state index in [1.807, 2.05) is 0 Å². The zero-order valence-electron chi connectivity index (χ0n) is 14.1. The third-order valence-corrected chi connectivity index (χ3v) is 4.70. The van der Waals surface area contributed by atoms with E-state index in [0.29, 0.717) is 16.1 Å². The molecule has 6 nitrogen and oxygen atoms in total. The van der Waals surface area contributed by atoms with Crippen molar-refractivity contribution in [3.05, 3.63) is 76.3 Å². The van der Waals surface area contributed by atoms with Crippen molar-refractivity contribution >= 4 is 35.0 Å². The van der Waals surface area contributed by atoms with Gasteiger partial charge in [0.05, 0.1) is 18.0 Å². The Morgan fingerprint density at radius 1 is 1.00 bits per heavy atom. The van der Waals surface area contributed by atoms with Gasteiger partial charge < -0.3 is 15.1 Å². The highest BCUT2D eigenvalue weighted by atomic mass is 35.5. The van der Waals surface area contributed by atoms with E-state index in [0.717, 1.165) is 4.90 Å². The van der Waals surface area contributed by atoms with Gasteiger partial charge in [-0.15, -0.1) is 0 Å². The zero-order chi connectivity index (χ0) is 19.6. The fourth-order valence-corrected chi connectivity index (χ4v) is 3.34. The smallest absolute Gasteiger partial charge is 0.305 e. The second kappa shape index (κ2) is 7.63. The highest BCUT2D eigenvalue weighted by Crippen LogP contribution is 2.41. The molecule has 2 aromatic carbocycles. The molecule has 1 atom stereocenters. The summed E-state index contributed by atoms with van der Waals surface area (Å²) in [5.41, 5.74) is 0.719. The minimum atomic E-state index is -1.10. The molecule has 1 heterocycles. The fraction of sp³-hybridized carbons (Fsp3) is 0.150. The lowest BCUT2D eigenvalue weighted by atomic mass is 9.95. The predicted octanol–water partition coefficient (Wildman–Crippen LogP) is 3.24. The number of carboxylic acids is 1. The Morgan fingerprint density at radius 2 is 1.63 bits per heavy atom. The number of amides is 1. The van der Waals surface area contributed by atoms with E-state index in [9.17, 15) is 19.5 Å². The third-order valence-electron chi connectivity index (χ3n) is 4.35. The van der Waals surface area contributed by atoms with Gasteiger partial charge in [-0.3, -0.25) is 14.4 Å². The van der Waals surface area contributed by atoms with Crippen LogP contribution in [0.25, 0.3) is 5.76 Å². The Balaban J connectivity index is 2.18. The monoisotopic (exact) mass is 385 g/mol. The Labute approximate surface area is 160 Å². The summed E-state index contributed by atoms with van der Waals surface area (Å²) in [6.45, 7) is -0.179. The molecular formula is C20H16ClNO5. The second-order valence-corrected chi connectivity index (χ2v) is 6.43. The quantitative estimate of drug-likeness (QED) is 0.468. The molecule has 1 aliphatic rings. The Bertz CT molecular complexity index is 938. The highest BCUT2D eigenvalue weighted by molar-refractivity contribution is 6.47. The van der Waals surface area contributed by atoms with Crippen LogP contribution in [0.15, 0.2) is 60.2 Å². The Morgan fingerprint density at radius 3 is 2.26 bits per heavy atom. The van der Waals surface area contributed by atoms with E-state index in [1.165, 1.54) is 0 Å². The first kappa shape index (κ1) is 18.7. The summed E-state index contributed by atoms with van der Waals surface area (Å²) in [5.74, 6) is -3.15. The number of aliphatic hydroxyl groups excluding tert-OH is 1. The Kier molecular flexibility index (Phi) is 5.28. The molecule has 27 heavy (non-hydrogen) atoms. The lowest BCUT2D eigenvalue weighted by molar-refractivity contribution is -0.142. The number of carbonyl (C=O) groups is 3. The lowest BCUT2D eigenvalue weighted by Gasteiger charge is -2.25. The number of benzene rings is 2. The van der Waals surface area contributed by atoms with Gasteiger partial charge in [0.25, 0.3) is 11.7 Å². The maximum absolute atomic E-state index is 12.7. The molecule has 2 N–H and O–H groups in total. The number of carbonyl (C=O) groups excluding carboxylic acids is 2. The standard InChI is InChI=1S/C20H16ClNO5/c21-14-9-5-4-8-13(14)17-16(18(25)12-6-2-1-3-7-12)19(26)20(27)22(17)11-10-15(23)24/h1-9,17,25H,10-11H2,(H,23,24)/t17-/m1/s1. The number of rotatable bonds is 5. The summed E-state index contributed by atoms with van der Waals surface area (Å²) in [4.78, 5) is 37.4. The molecule has 0 aliphatic carbocycles. The zero-order valence-corrected chi connectivity index (χ0v) is 14.9. The van der Waals surface area contributed by atoms with E-state index in [1.54, 1.807) is 54.6 Å². The number of hydrogen-bond donors (Lipinski definition) is 2. The van der Waals surface area contributed by atoms with Crippen LogP contribution in [-0.2, 0) is 14.4 Å². The molecular weight excluding hydrogens is 370 g/mol. The second-order valence-electron chi connectivity index (χ2n) is 6.02. The number of nitrogens with zero attached hydrogens (tertiary/aromatic N) is 1. The summed E-state index contributed by atoms with van der Waals surface area (Å²) in [6.07, 6.45) is -0.334. The summed E-state index contributed by atoms with van der Waals surface area (Å²) < 4.78 is 0. The highest BCUT2D eigenvalue weighted by Gasteiger charge is 2.46. The van der Waals surface area contributed by atoms with E-state index >= 15 is 0 Å². The van der Waals surface area contributed by atoms with Crippen LogP contribution in [0, 0.1) is 0 Å². The average molecular weight is 386 g/mol. The first-order chi connectivity index (χ1) is 12.9. The molecule has 1 amide bonds. The van der Waals surface area contributed by atoms with Gasteiger partial charge >= 0.3 is 5.97 Å². The van der Waals surface area contributed by atoms with Crippen LogP contribution in [0.3, 0.4) is 0 Å². The van der Waals surface area contributed by atoms with Crippen molar-refractivity contribution in [2.24, 2.45) is 0 Å². The fourth-order valence-electron chi connectivity index (χ4n) is 3.10. The van der Waals surface area contributed by atoms with E-state index in [2.05, 4.69) is 0 Å². The molecule has 0 spiro atoms. The van der Waals surface area contributed by atoms with Crippen LogP contribution in [0.1, 0.15) is 23.6 Å². The van der Waals surface area contributed by atoms with Crippen LogP contribution in [0.2, 0.25) is 5.02 Å². The molecule has 0 bridgehead atoms. The summed E-state index contributed by atoms with van der Waals surface area (Å²) >= 11 is 6.27. The number of aliphatic hydroxyl groups is 1. The molecule has 0 saturated carbocycles. The minimum absolute atomic E-state index is 0.107. The van der Waals surface area contributed by atoms with Gasteiger partial charge in [-0.1, -0.05) is 60.1 Å². The van der Waals surface area contributed by atoms with Crippen molar-refractivity contribution in [3.63, 3.8) is 0 Å². The lowest BCUT2D eigenvalue weighted by Crippen LogP contribution is -2.32. The van der Waals surface area contributed by atoms with Crippen molar-refractivity contribution in [3.8, 4) is 0 Å². The van der Waals surface area contributed by atoms with Crippen molar-refractivity contribution in [1.82, 2.24) is 4.90 Å². The first-order valence-corrected chi connectivity index (χ1v) is 8.59. The molecule has 1 saturated heterocycles. The molecule has 0 aromatic heterocycles. The molecule has 1 fully saturated rings. The van der Waals surface area contributed by atoms with Crippen molar-refractivity contribution in [2.45, 2.75) is 12.5 Å². The number of likely N-dealkylation sites (tertiary alicyclic amines) is 1. The maximum Gasteiger partial charge on any atom is 0.305 e. The van der Waals surface area contributed by atoms with Gasteiger partial charge in [-0.25, -0.2) is 0 Å². The van der Waals surface area contributed by atoms with Crippen LogP contribution >= 0.6 is 11.6 Å². The van der Waals surface area contributed by atoms with Gasteiger partial charge in [-0.2, -0.15) is 0 Å². The normalized spacial score (nSPS) is 18.7. The number of aliphatic carboxylic acids is 1. The van der Waals surface area contributed by atoms with Crippen LogP contribution in [0.5, 0.6) is 0 Å². The average Bonchev–Trinajstić information content (AvgIpc) is 2.91. The van der Waals surface area contributed by atoms with Gasteiger partial charge in [0.2, 0.25) is 0 Å². The van der Waals surface area contributed by atoms with Crippen LogP contribution < -0.4 is 0 Å². The molecule has 0 unspecified atom stereocenters. The topological polar surface area (TPSA) is 94.9 Å². The molecule has 1 aliphatic heterocycles. The summed E-state index contributed by atoms with van der Waals surface area (Å²) in [6, 6.07) is 14.1. The van der Waals surface area contributed by atoms with Gasteiger partial charge in [0, 0.05) is 17.1 Å². The van der Waals surface area contributed by atoms with E-state index in [4.69, 9.17) is 16.7 Å².